The molecule has 2 aliphatic rings. The average Bonchev–Trinajstić information content (AvgIpc) is 3.15. The van der Waals surface area contributed by atoms with Crippen LogP contribution in [0.5, 0.6) is 0 Å². The van der Waals surface area contributed by atoms with Crippen molar-refractivity contribution < 1.29 is 9.59 Å². The van der Waals surface area contributed by atoms with E-state index in [0.29, 0.717) is 36.5 Å². The predicted molar refractivity (Wildman–Crippen MR) is 107 cm³/mol. The van der Waals surface area contributed by atoms with Crippen molar-refractivity contribution in [1.82, 2.24) is 20.8 Å². The molecule has 27 heavy (non-hydrogen) atoms. The molecule has 0 radical (unpaired) electrons. The number of carbonyl (C=O) groups is 2. The average molecular weight is 394 g/mol. The van der Waals surface area contributed by atoms with Gasteiger partial charge in [-0.3, -0.25) is 10.1 Å². The highest BCUT2D eigenvalue weighted by molar-refractivity contribution is 7.15. The van der Waals surface area contributed by atoms with Gasteiger partial charge in [-0.05, 0) is 31.6 Å². The zero-order valence-corrected chi connectivity index (χ0v) is 16.8. The van der Waals surface area contributed by atoms with Crippen LogP contribution >= 0.6 is 11.3 Å². The van der Waals surface area contributed by atoms with Crippen molar-refractivity contribution >= 4 is 28.4 Å². The third-order valence-electron chi connectivity index (χ3n) is 5.55. The van der Waals surface area contributed by atoms with Gasteiger partial charge in [0.1, 0.15) is 5.01 Å². The summed E-state index contributed by atoms with van der Waals surface area (Å²) in [6.07, 6.45) is 12.9. The standard InChI is InChI=1S/C19H31N5O2S/c25-16(13-14-7-3-1-4-8-14)20-11-12-21-18(26)22-19-24-23-17(27-19)15-9-5-2-6-10-15/h14-15H,1-13H2,(H,20,25)(H2,21,22,24,26). The molecule has 0 spiro atoms. The maximum absolute atomic E-state index is 12.0. The van der Waals surface area contributed by atoms with Gasteiger partial charge >= 0.3 is 6.03 Å². The highest BCUT2D eigenvalue weighted by Gasteiger charge is 2.20. The fraction of sp³-hybridized carbons (Fsp3) is 0.789. The Kier molecular flexibility index (Phi) is 7.86. The van der Waals surface area contributed by atoms with Crippen LogP contribution < -0.4 is 16.0 Å². The lowest BCUT2D eigenvalue weighted by Gasteiger charge is -2.20. The van der Waals surface area contributed by atoms with Gasteiger partial charge in [0.2, 0.25) is 11.0 Å². The van der Waals surface area contributed by atoms with Crippen LogP contribution in [0.25, 0.3) is 0 Å². The third kappa shape index (κ3) is 6.75. The molecule has 1 aromatic heterocycles. The van der Waals surface area contributed by atoms with Crippen LogP contribution in [0, 0.1) is 5.92 Å². The summed E-state index contributed by atoms with van der Waals surface area (Å²) in [5, 5.41) is 18.3. The lowest BCUT2D eigenvalue weighted by molar-refractivity contribution is -0.122. The number of nitrogens with one attached hydrogen (secondary N) is 3. The molecule has 0 saturated heterocycles. The first-order valence-corrected chi connectivity index (χ1v) is 11.2. The molecule has 7 nitrogen and oxygen atoms in total. The van der Waals surface area contributed by atoms with Crippen molar-refractivity contribution in [3.05, 3.63) is 5.01 Å². The van der Waals surface area contributed by atoms with E-state index in [-0.39, 0.29) is 11.9 Å². The number of amides is 3. The van der Waals surface area contributed by atoms with E-state index in [4.69, 9.17) is 0 Å². The molecular weight excluding hydrogens is 362 g/mol. The number of carbonyl (C=O) groups excluding carboxylic acids is 2. The van der Waals surface area contributed by atoms with E-state index < -0.39 is 0 Å². The van der Waals surface area contributed by atoms with E-state index in [1.807, 2.05) is 0 Å². The summed E-state index contributed by atoms with van der Waals surface area (Å²) in [7, 11) is 0. The molecule has 2 fully saturated rings. The fourth-order valence-electron chi connectivity index (χ4n) is 4.04. The van der Waals surface area contributed by atoms with E-state index in [1.54, 1.807) is 0 Å². The minimum atomic E-state index is -0.303. The molecular formula is C19H31N5O2S. The zero-order chi connectivity index (χ0) is 18.9. The van der Waals surface area contributed by atoms with Gasteiger partial charge in [0.25, 0.3) is 0 Å². The summed E-state index contributed by atoms with van der Waals surface area (Å²) in [5.74, 6) is 1.12. The highest BCUT2D eigenvalue weighted by atomic mass is 32.1. The van der Waals surface area contributed by atoms with Crippen LogP contribution in [-0.2, 0) is 4.79 Å². The molecule has 0 unspecified atom stereocenters. The summed E-state index contributed by atoms with van der Waals surface area (Å²) < 4.78 is 0. The van der Waals surface area contributed by atoms with E-state index >= 15 is 0 Å². The molecule has 150 valence electrons. The van der Waals surface area contributed by atoms with Gasteiger partial charge in [-0.15, -0.1) is 10.2 Å². The number of hydrogen-bond acceptors (Lipinski definition) is 5. The minimum Gasteiger partial charge on any atom is -0.354 e. The van der Waals surface area contributed by atoms with Crippen molar-refractivity contribution in [3.63, 3.8) is 0 Å². The van der Waals surface area contributed by atoms with Crippen LogP contribution in [0.4, 0.5) is 9.93 Å². The third-order valence-corrected chi connectivity index (χ3v) is 6.55. The Hall–Kier alpha value is -1.70. The smallest absolute Gasteiger partial charge is 0.321 e. The minimum absolute atomic E-state index is 0.0883. The molecule has 3 rings (SSSR count). The molecule has 0 aliphatic heterocycles. The van der Waals surface area contributed by atoms with Gasteiger partial charge < -0.3 is 10.6 Å². The molecule has 1 heterocycles. The van der Waals surface area contributed by atoms with Crippen LogP contribution in [0.2, 0.25) is 0 Å². The molecule has 8 heteroatoms. The van der Waals surface area contributed by atoms with Gasteiger partial charge in [0.05, 0.1) is 0 Å². The lowest BCUT2D eigenvalue weighted by Crippen LogP contribution is -2.37. The second kappa shape index (κ2) is 10.6. The summed E-state index contributed by atoms with van der Waals surface area (Å²) in [6.45, 7) is 0.846. The van der Waals surface area contributed by atoms with Crippen LogP contribution in [-0.4, -0.2) is 35.2 Å². The fourth-order valence-corrected chi connectivity index (χ4v) is 4.95. The predicted octanol–water partition coefficient (Wildman–Crippen LogP) is 3.79. The molecule has 0 bridgehead atoms. The van der Waals surface area contributed by atoms with Gasteiger partial charge in [0.15, 0.2) is 0 Å². The van der Waals surface area contributed by atoms with Crippen LogP contribution in [0.15, 0.2) is 0 Å². The summed E-state index contributed by atoms with van der Waals surface area (Å²) >= 11 is 1.47. The van der Waals surface area contributed by atoms with Gasteiger partial charge in [0, 0.05) is 25.4 Å². The van der Waals surface area contributed by atoms with E-state index in [1.165, 1.54) is 75.5 Å². The number of rotatable bonds is 7. The maximum atomic E-state index is 12.0. The Morgan fingerprint density at radius 3 is 2.30 bits per heavy atom. The quantitative estimate of drug-likeness (QED) is 0.614. The second-order valence-electron chi connectivity index (χ2n) is 7.72. The molecule has 2 saturated carbocycles. The van der Waals surface area contributed by atoms with Crippen molar-refractivity contribution in [2.45, 2.75) is 76.5 Å². The largest absolute Gasteiger partial charge is 0.354 e. The SMILES string of the molecule is O=C(CC1CCCCC1)NCCNC(=O)Nc1nnc(C2CCCCC2)s1. The summed E-state index contributed by atoms with van der Waals surface area (Å²) in [5.41, 5.74) is 0. The molecule has 3 N–H and O–H groups in total. The van der Waals surface area contributed by atoms with Gasteiger partial charge in [-0.25, -0.2) is 4.79 Å². The number of urea groups is 1. The topological polar surface area (TPSA) is 96.0 Å². The highest BCUT2D eigenvalue weighted by Crippen LogP contribution is 2.35. The Balaban J connectivity index is 1.29. The Bertz CT molecular complexity index is 609. The molecule has 3 amide bonds. The van der Waals surface area contributed by atoms with Crippen molar-refractivity contribution in [1.29, 1.82) is 0 Å². The summed E-state index contributed by atoms with van der Waals surface area (Å²) in [4.78, 5) is 23.9. The Morgan fingerprint density at radius 2 is 1.56 bits per heavy atom. The van der Waals surface area contributed by atoms with E-state index in [9.17, 15) is 9.59 Å². The van der Waals surface area contributed by atoms with Crippen molar-refractivity contribution in [2.75, 3.05) is 18.4 Å². The first-order valence-electron chi connectivity index (χ1n) is 10.4. The number of hydrogen-bond donors (Lipinski definition) is 3. The van der Waals surface area contributed by atoms with E-state index in [2.05, 4.69) is 26.1 Å². The normalized spacial score (nSPS) is 18.8. The first-order chi connectivity index (χ1) is 13.2. The van der Waals surface area contributed by atoms with E-state index in [0.717, 1.165) is 5.01 Å². The number of aromatic nitrogens is 2. The van der Waals surface area contributed by atoms with Gasteiger partial charge in [-0.1, -0.05) is 49.9 Å². The summed E-state index contributed by atoms with van der Waals surface area (Å²) in [6, 6.07) is -0.303. The Morgan fingerprint density at radius 1 is 0.889 bits per heavy atom. The first kappa shape index (κ1) is 20.0. The maximum Gasteiger partial charge on any atom is 0.321 e. The molecule has 2 aliphatic carbocycles. The van der Waals surface area contributed by atoms with Crippen molar-refractivity contribution in [3.8, 4) is 0 Å². The Labute approximate surface area is 165 Å². The van der Waals surface area contributed by atoms with Crippen LogP contribution in [0.3, 0.4) is 0 Å². The van der Waals surface area contributed by atoms with Crippen LogP contribution in [0.1, 0.15) is 81.6 Å². The molecule has 0 aromatic carbocycles. The lowest BCUT2D eigenvalue weighted by atomic mass is 9.87. The zero-order valence-electron chi connectivity index (χ0n) is 16.0. The molecule has 1 aromatic rings. The van der Waals surface area contributed by atoms with Gasteiger partial charge in [-0.2, -0.15) is 0 Å². The monoisotopic (exact) mass is 393 g/mol. The van der Waals surface area contributed by atoms with Crippen molar-refractivity contribution in [2.24, 2.45) is 5.92 Å². The second-order valence-corrected chi connectivity index (χ2v) is 8.73. The number of anilines is 1. The molecule has 0 atom stereocenters. The number of nitrogens with zero attached hydrogens (tertiary/aromatic N) is 2.